The molecule has 4 bridgehead atoms. The summed E-state index contributed by atoms with van der Waals surface area (Å²) in [6.07, 6.45) is 7.62. The van der Waals surface area contributed by atoms with Crippen LogP contribution >= 0.6 is 0 Å². The van der Waals surface area contributed by atoms with Crippen LogP contribution in [0, 0.1) is 17.8 Å². The zero-order chi connectivity index (χ0) is 13.2. The third-order valence-corrected chi connectivity index (χ3v) is 5.47. The normalized spacial score (nSPS) is 39.7. The maximum atomic E-state index is 11.1. The van der Waals surface area contributed by atoms with E-state index in [1.807, 2.05) is 0 Å². The minimum absolute atomic E-state index is 0.0748. The highest BCUT2D eigenvalue weighted by Crippen LogP contribution is 2.60. The molecule has 0 atom stereocenters. The molecule has 4 aliphatic rings. The Hall–Kier alpha value is -1.39. The molecule has 0 aromatic carbocycles. The number of aromatic carboxylic acids is 1. The number of aromatic nitrogens is 3. The van der Waals surface area contributed by atoms with Crippen molar-refractivity contribution in [1.29, 1.82) is 0 Å². The van der Waals surface area contributed by atoms with Crippen LogP contribution in [0.4, 0.5) is 0 Å². The molecule has 5 nitrogen and oxygen atoms in total. The van der Waals surface area contributed by atoms with Crippen molar-refractivity contribution in [2.75, 3.05) is 0 Å². The Bertz CT molecular complexity index is 514. The third-order valence-electron chi connectivity index (χ3n) is 5.47. The number of carboxylic acids is 1. The standard InChI is InChI=1S/C14H19N3O2/c1-17-11(12(18)19)15-13(16-17)14-5-8-2-9(6-14)4-10(3-8)7-14/h8-10H,2-7H2,1H3,(H,18,19). The molecule has 4 fully saturated rings. The molecule has 0 radical (unpaired) electrons. The van der Waals surface area contributed by atoms with Gasteiger partial charge in [-0.2, -0.15) is 5.10 Å². The van der Waals surface area contributed by atoms with Crippen LogP contribution in [0.1, 0.15) is 55.0 Å². The Balaban J connectivity index is 1.75. The van der Waals surface area contributed by atoms with Gasteiger partial charge in [0.1, 0.15) is 0 Å². The average molecular weight is 261 g/mol. The van der Waals surface area contributed by atoms with Gasteiger partial charge in [-0.3, -0.25) is 0 Å². The van der Waals surface area contributed by atoms with Gasteiger partial charge in [-0.05, 0) is 56.3 Å². The molecule has 1 N–H and O–H groups in total. The number of aryl methyl sites for hydroxylation is 1. The summed E-state index contributed by atoms with van der Waals surface area (Å²) in [5.74, 6) is 2.36. The van der Waals surface area contributed by atoms with Crippen molar-refractivity contribution in [2.24, 2.45) is 24.8 Å². The number of hydrogen-bond donors (Lipinski definition) is 1. The predicted molar refractivity (Wildman–Crippen MR) is 67.8 cm³/mol. The largest absolute Gasteiger partial charge is 0.475 e. The number of carbonyl (C=O) groups is 1. The summed E-state index contributed by atoms with van der Waals surface area (Å²) in [5.41, 5.74) is 0.0835. The summed E-state index contributed by atoms with van der Waals surface area (Å²) in [7, 11) is 1.68. The second-order valence-electron chi connectivity index (χ2n) is 6.89. The fraction of sp³-hybridized carbons (Fsp3) is 0.786. The van der Waals surface area contributed by atoms with Crippen molar-refractivity contribution in [3.63, 3.8) is 0 Å². The maximum Gasteiger partial charge on any atom is 0.373 e. The summed E-state index contributed by atoms with van der Waals surface area (Å²) in [6, 6.07) is 0. The molecule has 4 aliphatic carbocycles. The van der Waals surface area contributed by atoms with Crippen molar-refractivity contribution in [3.8, 4) is 0 Å². The van der Waals surface area contributed by atoms with Gasteiger partial charge in [0.15, 0.2) is 5.82 Å². The number of carboxylic acid groups (broad SMARTS) is 1. The van der Waals surface area contributed by atoms with Crippen molar-refractivity contribution >= 4 is 5.97 Å². The van der Waals surface area contributed by atoms with Crippen LogP contribution in [-0.4, -0.2) is 25.8 Å². The fourth-order valence-electron chi connectivity index (χ4n) is 5.18. The van der Waals surface area contributed by atoms with E-state index in [1.165, 1.54) is 43.2 Å². The Morgan fingerprint density at radius 3 is 2.16 bits per heavy atom. The molecule has 5 heteroatoms. The molecule has 0 unspecified atom stereocenters. The topological polar surface area (TPSA) is 68.0 Å². The van der Waals surface area contributed by atoms with Crippen molar-refractivity contribution < 1.29 is 9.90 Å². The lowest BCUT2D eigenvalue weighted by Crippen LogP contribution is -2.49. The van der Waals surface area contributed by atoms with Crippen LogP contribution in [-0.2, 0) is 12.5 Å². The first-order valence-corrected chi connectivity index (χ1v) is 7.20. The van der Waals surface area contributed by atoms with Gasteiger partial charge >= 0.3 is 5.97 Å². The van der Waals surface area contributed by atoms with Gasteiger partial charge in [-0.25, -0.2) is 14.5 Å². The van der Waals surface area contributed by atoms with Crippen molar-refractivity contribution in [3.05, 3.63) is 11.6 Å². The Labute approximate surface area is 112 Å². The molecule has 0 spiro atoms. The summed E-state index contributed by atoms with van der Waals surface area (Å²) in [5, 5.41) is 13.6. The first-order valence-electron chi connectivity index (χ1n) is 7.20. The van der Waals surface area contributed by atoms with E-state index >= 15 is 0 Å². The highest BCUT2D eigenvalue weighted by Gasteiger charge is 2.53. The van der Waals surface area contributed by atoms with Gasteiger partial charge in [-0.1, -0.05) is 0 Å². The molecular formula is C14H19N3O2. The van der Waals surface area contributed by atoms with E-state index in [9.17, 15) is 4.79 Å². The van der Waals surface area contributed by atoms with E-state index in [1.54, 1.807) is 7.05 Å². The minimum atomic E-state index is -0.981. The van der Waals surface area contributed by atoms with Gasteiger partial charge in [0.25, 0.3) is 0 Å². The second-order valence-corrected chi connectivity index (χ2v) is 6.89. The highest BCUT2D eigenvalue weighted by atomic mass is 16.4. The molecule has 4 saturated carbocycles. The van der Waals surface area contributed by atoms with Gasteiger partial charge in [0.2, 0.25) is 5.82 Å². The van der Waals surface area contributed by atoms with Gasteiger partial charge in [-0.15, -0.1) is 0 Å². The molecule has 5 rings (SSSR count). The summed E-state index contributed by atoms with van der Waals surface area (Å²) >= 11 is 0. The van der Waals surface area contributed by atoms with E-state index < -0.39 is 5.97 Å². The van der Waals surface area contributed by atoms with Gasteiger partial charge in [0, 0.05) is 12.5 Å². The summed E-state index contributed by atoms with van der Waals surface area (Å²) < 4.78 is 1.43. The molecule has 1 heterocycles. The zero-order valence-electron chi connectivity index (χ0n) is 11.2. The number of rotatable bonds is 2. The Morgan fingerprint density at radius 1 is 1.21 bits per heavy atom. The molecule has 1 aromatic rings. The molecule has 19 heavy (non-hydrogen) atoms. The number of nitrogens with zero attached hydrogens (tertiary/aromatic N) is 3. The van der Waals surface area contributed by atoms with Crippen LogP contribution < -0.4 is 0 Å². The molecular weight excluding hydrogens is 242 g/mol. The van der Waals surface area contributed by atoms with Crippen LogP contribution in [0.5, 0.6) is 0 Å². The highest BCUT2D eigenvalue weighted by molar-refractivity contribution is 5.83. The predicted octanol–water partition coefficient (Wildman–Crippen LogP) is 1.98. The van der Waals surface area contributed by atoms with Crippen molar-refractivity contribution in [2.45, 2.75) is 43.9 Å². The Kier molecular flexibility index (Phi) is 2.16. The van der Waals surface area contributed by atoms with E-state index in [2.05, 4.69) is 10.1 Å². The van der Waals surface area contributed by atoms with Crippen LogP contribution in [0.2, 0.25) is 0 Å². The monoisotopic (exact) mass is 261 g/mol. The molecule has 102 valence electrons. The number of hydrogen-bond acceptors (Lipinski definition) is 3. The van der Waals surface area contributed by atoms with E-state index in [0.717, 1.165) is 23.6 Å². The average Bonchev–Trinajstić information content (AvgIpc) is 2.70. The van der Waals surface area contributed by atoms with Gasteiger partial charge < -0.3 is 5.11 Å². The Morgan fingerprint density at radius 2 is 1.74 bits per heavy atom. The molecule has 1 aromatic heterocycles. The van der Waals surface area contributed by atoms with Crippen molar-refractivity contribution in [1.82, 2.24) is 14.8 Å². The smallest absolute Gasteiger partial charge is 0.373 e. The van der Waals surface area contributed by atoms with Gasteiger partial charge in [0.05, 0.1) is 0 Å². The fourth-order valence-corrected chi connectivity index (χ4v) is 5.18. The first-order chi connectivity index (χ1) is 9.06. The lowest BCUT2D eigenvalue weighted by atomic mass is 9.49. The van der Waals surface area contributed by atoms with Crippen LogP contribution in [0.3, 0.4) is 0 Å². The SMILES string of the molecule is Cn1nc(C23CC4CC(CC(C4)C2)C3)nc1C(=O)O. The first kappa shape index (κ1) is 11.4. The van der Waals surface area contributed by atoms with Crippen LogP contribution in [0.15, 0.2) is 0 Å². The molecule has 0 aliphatic heterocycles. The summed E-state index contributed by atoms with van der Waals surface area (Å²) in [6.45, 7) is 0. The quantitative estimate of drug-likeness (QED) is 0.884. The minimum Gasteiger partial charge on any atom is -0.475 e. The zero-order valence-corrected chi connectivity index (χ0v) is 11.2. The van der Waals surface area contributed by atoms with E-state index in [-0.39, 0.29) is 11.2 Å². The van der Waals surface area contributed by atoms with E-state index in [0.29, 0.717) is 0 Å². The lowest BCUT2D eigenvalue weighted by Gasteiger charge is -2.55. The second kappa shape index (κ2) is 3.58. The van der Waals surface area contributed by atoms with E-state index in [4.69, 9.17) is 5.11 Å². The third kappa shape index (κ3) is 1.56. The molecule has 0 amide bonds. The molecule has 0 saturated heterocycles. The lowest BCUT2D eigenvalue weighted by molar-refractivity contribution is -0.00941. The maximum absolute atomic E-state index is 11.1. The van der Waals surface area contributed by atoms with Crippen LogP contribution in [0.25, 0.3) is 0 Å². The summed E-state index contributed by atoms with van der Waals surface area (Å²) in [4.78, 5) is 15.5.